The molecule has 1 aliphatic heterocycles. The van der Waals surface area contributed by atoms with E-state index in [1.54, 1.807) is 0 Å². The molecule has 1 saturated heterocycles. The Morgan fingerprint density at radius 2 is 2.33 bits per heavy atom. The molecule has 2 rings (SSSR count). The fourth-order valence-electron chi connectivity index (χ4n) is 2.30. The molecule has 12 heavy (non-hydrogen) atoms. The first kappa shape index (κ1) is 8.05. The highest BCUT2D eigenvalue weighted by atomic mass is 16.5. The standard InChI is InChI=1S/C9H15NO2/c1-3-12-8(11)7-4-9(7)5-10(2)6-9/h7H,3-6H2,1-2H3. The van der Waals surface area contributed by atoms with Crippen LogP contribution in [0.2, 0.25) is 0 Å². The van der Waals surface area contributed by atoms with Gasteiger partial charge < -0.3 is 9.64 Å². The lowest BCUT2D eigenvalue weighted by molar-refractivity contribution is -0.146. The van der Waals surface area contributed by atoms with Crippen LogP contribution in [0.25, 0.3) is 0 Å². The molecule has 1 spiro atoms. The average Bonchev–Trinajstić information content (AvgIpc) is 2.63. The fraction of sp³-hybridized carbons (Fsp3) is 0.889. The first-order chi connectivity index (χ1) is 5.68. The molecule has 1 unspecified atom stereocenters. The van der Waals surface area contributed by atoms with Gasteiger partial charge in [0.15, 0.2) is 0 Å². The summed E-state index contributed by atoms with van der Waals surface area (Å²) in [4.78, 5) is 13.5. The van der Waals surface area contributed by atoms with Crippen LogP contribution in [0.15, 0.2) is 0 Å². The summed E-state index contributed by atoms with van der Waals surface area (Å²) >= 11 is 0. The lowest BCUT2D eigenvalue weighted by Gasteiger charge is -2.37. The number of rotatable bonds is 2. The highest BCUT2D eigenvalue weighted by Crippen LogP contribution is 2.58. The van der Waals surface area contributed by atoms with Gasteiger partial charge in [-0.15, -0.1) is 0 Å². The fourth-order valence-corrected chi connectivity index (χ4v) is 2.30. The molecule has 1 aliphatic carbocycles. The van der Waals surface area contributed by atoms with Crippen LogP contribution in [0, 0.1) is 11.3 Å². The summed E-state index contributed by atoms with van der Waals surface area (Å²) in [5, 5.41) is 0. The van der Waals surface area contributed by atoms with E-state index < -0.39 is 0 Å². The molecule has 1 saturated carbocycles. The van der Waals surface area contributed by atoms with Crippen LogP contribution < -0.4 is 0 Å². The second-order valence-corrected chi connectivity index (χ2v) is 4.04. The largest absolute Gasteiger partial charge is 0.466 e. The van der Waals surface area contributed by atoms with E-state index in [1.165, 1.54) is 0 Å². The quantitative estimate of drug-likeness (QED) is 0.564. The van der Waals surface area contributed by atoms with Crippen LogP contribution in [0.1, 0.15) is 13.3 Å². The number of nitrogens with zero attached hydrogens (tertiary/aromatic N) is 1. The van der Waals surface area contributed by atoms with Crippen LogP contribution in [0.3, 0.4) is 0 Å². The molecule has 2 aliphatic rings. The SMILES string of the molecule is CCOC(=O)C1CC12CN(C)C2. The lowest BCUT2D eigenvalue weighted by Crippen LogP contribution is -2.47. The second-order valence-electron chi connectivity index (χ2n) is 4.04. The van der Waals surface area contributed by atoms with Crippen LogP contribution in [0.5, 0.6) is 0 Å². The smallest absolute Gasteiger partial charge is 0.309 e. The molecule has 0 N–H and O–H groups in total. The Morgan fingerprint density at radius 1 is 1.67 bits per heavy atom. The maximum absolute atomic E-state index is 11.3. The minimum atomic E-state index is 0.0191. The number of hydrogen-bond acceptors (Lipinski definition) is 3. The first-order valence-corrected chi connectivity index (χ1v) is 4.53. The van der Waals surface area contributed by atoms with Crippen molar-refractivity contribution in [2.24, 2.45) is 11.3 Å². The second kappa shape index (κ2) is 2.46. The van der Waals surface area contributed by atoms with Crippen LogP contribution in [0.4, 0.5) is 0 Å². The monoisotopic (exact) mass is 169 g/mol. The number of carbonyl (C=O) groups is 1. The molecule has 0 aromatic rings. The third kappa shape index (κ3) is 1.04. The summed E-state index contributed by atoms with van der Waals surface area (Å²) in [6.45, 7) is 4.54. The molecule has 0 aromatic carbocycles. The van der Waals surface area contributed by atoms with E-state index in [9.17, 15) is 4.79 Å². The normalized spacial score (nSPS) is 31.3. The Morgan fingerprint density at radius 3 is 2.83 bits per heavy atom. The molecule has 0 bridgehead atoms. The van der Waals surface area contributed by atoms with Gasteiger partial charge in [-0.3, -0.25) is 4.79 Å². The zero-order valence-corrected chi connectivity index (χ0v) is 7.67. The maximum Gasteiger partial charge on any atom is 0.309 e. The third-order valence-electron chi connectivity index (χ3n) is 2.93. The minimum Gasteiger partial charge on any atom is -0.466 e. The summed E-state index contributed by atoms with van der Waals surface area (Å²) in [6, 6.07) is 0. The Kier molecular flexibility index (Phi) is 1.65. The van der Waals surface area contributed by atoms with Crippen molar-refractivity contribution in [2.45, 2.75) is 13.3 Å². The average molecular weight is 169 g/mol. The van der Waals surface area contributed by atoms with E-state index in [-0.39, 0.29) is 11.9 Å². The summed E-state index contributed by atoms with van der Waals surface area (Å²) in [5.74, 6) is 0.235. The van der Waals surface area contributed by atoms with Gasteiger partial charge in [-0.1, -0.05) is 0 Å². The van der Waals surface area contributed by atoms with E-state index in [4.69, 9.17) is 4.74 Å². The number of likely N-dealkylation sites (tertiary alicyclic amines) is 1. The Bertz CT molecular complexity index is 209. The summed E-state index contributed by atoms with van der Waals surface area (Å²) in [6.07, 6.45) is 1.05. The van der Waals surface area contributed by atoms with E-state index in [0.717, 1.165) is 19.5 Å². The van der Waals surface area contributed by atoms with Gasteiger partial charge in [0.2, 0.25) is 0 Å². The van der Waals surface area contributed by atoms with Gasteiger partial charge in [-0.2, -0.15) is 0 Å². The summed E-state index contributed by atoms with van der Waals surface area (Å²) < 4.78 is 4.97. The zero-order valence-electron chi connectivity index (χ0n) is 7.67. The number of esters is 1. The molecule has 0 amide bonds. The molecule has 3 heteroatoms. The van der Waals surface area contributed by atoms with Gasteiger partial charge in [-0.05, 0) is 20.4 Å². The maximum atomic E-state index is 11.3. The molecule has 3 nitrogen and oxygen atoms in total. The van der Waals surface area contributed by atoms with Gasteiger partial charge in [0.05, 0.1) is 12.5 Å². The van der Waals surface area contributed by atoms with Gasteiger partial charge in [-0.25, -0.2) is 0 Å². The number of hydrogen-bond donors (Lipinski definition) is 0. The Labute approximate surface area is 72.7 Å². The van der Waals surface area contributed by atoms with Crippen molar-refractivity contribution in [1.29, 1.82) is 0 Å². The number of ether oxygens (including phenoxy) is 1. The molecule has 1 heterocycles. The Hall–Kier alpha value is -0.570. The highest BCUT2D eigenvalue weighted by Gasteiger charge is 2.64. The van der Waals surface area contributed by atoms with Crippen molar-refractivity contribution < 1.29 is 9.53 Å². The van der Waals surface area contributed by atoms with Crippen molar-refractivity contribution in [2.75, 3.05) is 26.7 Å². The molecule has 0 radical (unpaired) electrons. The van der Waals surface area contributed by atoms with E-state index >= 15 is 0 Å². The zero-order chi connectivity index (χ0) is 8.77. The van der Waals surface area contributed by atoms with Crippen LogP contribution >= 0.6 is 0 Å². The molecule has 1 atom stereocenters. The predicted molar refractivity (Wildman–Crippen MR) is 44.7 cm³/mol. The van der Waals surface area contributed by atoms with Gasteiger partial charge in [0, 0.05) is 18.5 Å². The van der Waals surface area contributed by atoms with Gasteiger partial charge in [0.25, 0.3) is 0 Å². The molecule has 2 fully saturated rings. The van der Waals surface area contributed by atoms with Crippen molar-refractivity contribution in [3.8, 4) is 0 Å². The van der Waals surface area contributed by atoms with Gasteiger partial charge >= 0.3 is 5.97 Å². The third-order valence-corrected chi connectivity index (χ3v) is 2.93. The van der Waals surface area contributed by atoms with Crippen LogP contribution in [-0.2, 0) is 9.53 Å². The Balaban J connectivity index is 1.84. The van der Waals surface area contributed by atoms with E-state index in [0.29, 0.717) is 12.0 Å². The molecular formula is C9H15NO2. The van der Waals surface area contributed by atoms with Crippen molar-refractivity contribution in [3.05, 3.63) is 0 Å². The minimum absolute atomic E-state index is 0.0191. The summed E-state index contributed by atoms with van der Waals surface area (Å²) in [7, 11) is 2.09. The van der Waals surface area contributed by atoms with Crippen LogP contribution in [-0.4, -0.2) is 37.6 Å². The van der Waals surface area contributed by atoms with E-state index in [1.807, 2.05) is 6.92 Å². The van der Waals surface area contributed by atoms with E-state index in [2.05, 4.69) is 11.9 Å². The topological polar surface area (TPSA) is 29.5 Å². The first-order valence-electron chi connectivity index (χ1n) is 4.53. The summed E-state index contributed by atoms with van der Waals surface area (Å²) in [5.41, 5.74) is 0.334. The lowest BCUT2D eigenvalue weighted by atomic mass is 9.94. The molecular weight excluding hydrogens is 154 g/mol. The van der Waals surface area contributed by atoms with Crippen molar-refractivity contribution in [1.82, 2.24) is 4.90 Å². The van der Waals surface area contributed by atoms with Crippen molar-refractivity contribution >= 4 is 5.97 Å². The number of carbonyl (C=O) groups excluding carboxylic acids is 1. The van der Waals surface area contributed by atoms with Gasteiger partial charge in [0.1, 0.15) is 0 Å². The predicted octanol–water partition coefficient (Wildman–Crippen LogP) is 0.501. The molecule has 68 valence electrons. The van der Waals surface area contributed by atoms with Crippen molar-refractivity contribution in [3.63, 3.8) is 0 Å². The highest BCUT2D eigenvalue weighted by molar-refractivity contribution is 5.77. The molecule has 0 aromatic heterocycles.